The third kappa shape index (κ3) is 4.61. The number of aromatic nitrogens is 3. The van der Waals surface area contributed by atoms with Crippen LogP contribution in [0.4, 0.5) is 0 Å². The maximum absolute atomic E-state index is 12.5. The van der Waals surface area contributed by atoms with Crippen LogP contribution in [0.3, 0.4) is 0 Å². The molecule has 0 radical (unpaired) electrons. The van der Waals surface area contributed by atoms with Crippen LogP contribution in [0.1, 0.15) is 36.3 Å². The predicted octanol–water partition coefficient (Wildman–Crippen LogP) is 3.53. The second-order valence-corrected chi connectivity index (χ2v) is 8.46. The summed E-state index contributed by atoms with van der Waals surface area (Å²) >= 11 is 1.56. The Hall–Kier alpha value is -2.81. The van der Waals surface area contributed by atoms with E-state index < -0.39 is 0 Å². The third-order valence-corrected chi connectivity index (χ3v) is 6.55. The maximum Gasteiger partial charge on any atom is 0.269 e. The fraction of sp³-hybridized carbons (Fsp3) is 0.348. The van der Waals surface area contributed by atoms with Crippen LogP contribution in [-0.2, 0) is 6.54 Å². The van der Waals surface area contributed by atoms with Crippen molar-refractivity contribution in [2.45, 2.75) is 26.8 Å². The molecule has 7 nitrogen and oxygen atoms in total. The molecule has 1 aromatic carbocycles. The van der Waals surface area contributed by atoms with Crippen LogP contribution in [0.5, 0.6) is 0 Å². The number of hydrogen-bond acceptors (Lipinski definition) is 6. The number of pyridine rings is 1. The molecule has 0 saturated carbocycles. The molecule has 31 heavy (non-hydrogen) atoms. The third-order valence-electron chi connectivity index (χ3n) is 5.53. The number of rotatable bonds is 9. The van der Waals surface area contributed by atoms with Crippen LogP contribution < -0.4 is 11.1 Å². The summed E-state index contributed by atoms with van der Waals surface area (Å²) in [7, 11) is 0. The van der Waals surface area contributed by atoms with Gasteiger partial charge in [0.15, 0.2) is 4.96 Å². The van der Waals surface area contributed by atoms with Crippen LogP contribution in [-0.4, -0.2) is 51.4 Å². The van der Waals surface area contributed by atoms with Gasteiger partial charge in [-0.25, -0.2) is 9.97 Å². The number of hydrogen-bond donors (Lipinski definition) is 2. The molecular weight excluding hydrogens is 408 g/mol. The lowest BCUT2D eigenvalue weighted by molar-refractivity contribution is 0.0947. The Morgan fingerprint density at radius 2 is 2.00 bits per heavy atom. The van der Waals surface area contributed by atoms with Gasteiger partial charge in [0.05, 0.1) is 22.1 Å². The van der Waals surface area contributed by atoms with Crippen molar-refractivity contribution in [3.8, 4) is 11.3 Å². The molecule has 1 amide bonds. The largest absolute Gasteiger partial charge is 0.351 e. The summed E-state index contributed by atoms with van der Waals surface area (Å²) in [5.41, 5.74) is 10.1. The van der Waals surface area contributed by atoms with E-state index in [0.717, 1.165) is 58.1 Å². The Morgan fingerprint density at radius 1 is 1.23 bits per heavy atom. The Kier molecular flexibility index (Phi) is 6.60. The molecule has 0 aliphatic rings. The van der Waals surface area contributed by atoms with Crippen molar-refractivity contribution in [3.05, 3.63) is 54.0 Å². The van der Waals surface area contributed by atoms with Gasteiger partial charge in [0, 0.05) is 24.8 Å². The number of imidazole rings is 1. The van der Waals surface area contributed by atoms with E-state index in [4.69, 9.17) is 10.7 Å². The van der Waals surface area contributed by atoms with E-state index in [-0.39, 0.29) is 5.91 Å². The zero-order chi connectivity index (χ0) is 21.8. The number of nitrogens with zero attached hydrogens (tertiary/aromatic N) is 4. The summed E-state index contributed by atoms with van der Waals surface area (Å²) in [6.07, 6.45) is 4.70. The highest BCUT2D eigenvalue weighted by Gasteiger charge is 2.14. The molecule has 4 rings (SSSR count). The van der Waals surface area contributed by atoms with Crippen LogP contribution in [0.15, 0.2) is 42.7 Å². The first-order valence-electron chi connectivity index (χ1n) is 10.7. The van der Waals surface area contributed by atoms with E-state index in [2.05, 4.69) is 29.0 Å². The maximum atomic E-state index is 12.5. The highest BCUT2D eigenvalue weighted by molar-refractivity contribution is 7.23. The fourth-order valence-corrected chi connectivity index (χ4v) is 4.62. The SMILES string of the molecule is CCN(CC)CCCNC(=O)c1cc2sc3nc(-c4ccc(CN)cc4)cn3c2cn1. The molecule has 0 fully saturated rings. The minimum absolute atomic E-state index is 0.131. The predicted molar refractivity (Wildman–Crippen MR) is 126 cm³/mol. The van der Waals surface area contributed by atoms with Gasteiger partial charge in [0.1, 0.15) is 5.69 Å². The lowest BCUT2D eigenvalue weighted by Gasteiger charge is -2.17. The van der Waals surface area contributed by atoms with Crippen LogP contribution in [0.2, 0.25) is 0 Å². The van der Waals surface area contributed by atoms with E-state index in [1.165, 1.54) is 0 Å². The molecule has 4 aromatic rings. The Bertz CT molecular complexity index is 1180. The Morgan fingerprint density at radius 3 is 2.71 bits per heavy atom. The van der Waals surface area contributed by atoms with Gasteiger partial charge in [-0.3, -0.25) is 9.20 Å². The molecule has 0 atom stereocenters. The van der Waals surface area contributed by atoms with Gasteiger partial charge in [0.25, 0.3) is 5.91 Å². The quantitative estimate of drug-likeness (QED) is 0.392. The van der Waals surface area contributed by atoms with Crippen molar-refractivity contribution >= 4 is 32.4 Å². The normalized spacial score (nSPS) is 11.6. The number of benzene rings is 1. The van der Waals surface area contributed by atoms with Crippen LogP contribution >= 0.6 is 11.3 Å². The molecule has 0 bridgehead atoms. The van der Waals surface area contributed by atoms with Gasteiger partial charge < -0.3 is 16.0 Å². The number of amides is 1. The van der Waals surface area contributed by atoms with E-state index in [1.54, 1.807) is 17.5 Å². The lowest BCUT2D eigenvalue weighted by atomic mass is 10.1. The lowest BCUT2D eigenvalue weighted by Crippen LogP contribution is -2.30. The zero-order valence-corrected chi connectivity index (χ0v) is 18.8. The molecule has 0 unspecified atom stereocenters. The highest BCUT2D eigenvalue weighted by Crippen LogP contribution is 2.29. The standard InChI is InChI=1S/C23H28N6OS/c1-3-28(4-2)11-5-10-25-22(30)18-12-21-20(14-26-18)29-15-19(27-23(29)31-21)17-8-6-16(13-24)7-9-17/h6-9,12,14-15H,3-5,10-11,13,24H2,1-2H3,(H,25,30). The van der Waals surface area contributed by atoms with Gasteiger partial charge in [-0.1, -0.05) is 49.4 Å². The monoisotopic (exact) mass is 436 g/mol. The molecule has 3 N–H and O–H groups in total. The molecular formula is C23H28N6OS. The highest BCUT2D eigenvalue weighted by atomic mass is 32.1. The minimum Gasteiger partial charge on any atom is -0.351 e. The first-order valence-corrected chi connectivity index (χ1v) is 11.5. The second kappa shape index (κ2) is 9.55. The molecule has 0 aliphatic heterocycles. The Labute approximate surface area is 185 Å². The fourth-order valence-electron chi connectivity index (χ4n) is 3.61. The van der Waals surface area contributed by atoms with Crippen molar-refractivity contribution in [3.63, 3.8) is 0 Å². The average molecular weight is 437 g/mol. The molecule has 3 aromatic heterocycles. The molecule has 0 spiro atoms. The first-order chi connectivity index (χ1) is 15.1. The van der Waals surface area contributed by atoms with Gasteiger partial charge in [-0.2, -0.15) is 0 Å². The summed E-state index contributed by atoms with van der Waals surface area (Å²) in [6, 6.07) is 9.98. The van der Waals surface area contributed by atoms with Crippen molar-refractivity contribution in [2.24, 2.45) is 5.73 Å². The molecule has 0 aliphatic carbocycles. The minimum atomic E-state index is -0.131. The zero-order valence-electron chi connectivity index (χ0n) is 18.0. The summed E-state index contributed by atoms with van der Waals surface area (Å²) in [5.74, 6) is -0.131. The van der Waals surface area contributed by atoms with Crippen LogP contribution in [0, 0.1) is 0 Å². The first kappa shape index (κ1) is 21.4. The average Bonchev–Trinajstić information content (AvgIpc) is 3.36. The van der Waals surface area contributed by atoms with Gasteiger partial charge in [-0.15, -0.1) is 0 Å². The summed E-state index contributed by atoms with van der Waals surface area (Å²) in [5, 5.41) is 2.98. The van der Waals surface area contributed by atoms with Crippen molar-refractivity contribution in [1.29, 1.82) is 0 Å². The number of nitrogens with one attached hydrogen (secondary N) is 1. The molecule has 8 heteroatoms. The number of fused-ring (bicyclic) bond motifs is 3. The summed E-state index contributed by atoms with van der Waals surface area (Å²) in [6.45, 7) is 8.53. The van der Waals surface area contributed by atoms with Crippen LogP contribution in [0.25, 0.3) is 26.4 Å². The van der Waals surface area contributed by atoms with E-state index in [0.29, 0.717) is 18.8 Å². The summed E-state index contributed by atoms with van der Waals surface area (Å²) in [4.78, 5) is 24.9. The number of nitrogens with two attached hydrogens (primary N) is 1. The van der Waals surface area contributed by atoms with Gasteiger partial charge in [0.2, 0.25) is 0 Å². The second-order valence-electron chi connectivity index (χ2n) is 7.46. The van der Waals surface area contributed by atoms with Crippen molar-refractivity contribution < 1.29 is 4.79 Å². The number of carbonyl (C=O) groups is 1. The smallest absolute Gasteiger partial charge is 0.269 e. The molecule has 162 valence electrons. The van der Waals surface area contributed by atoms with Crippen molar-refractivity contribution in [1.82, 2.24) is 24.6 Å². The van der Waals surface area contributed by atoms with E-state index in [1.807, 2.05) is 40.9 Å². The van der Waals surface area contributed by atoms with E-state index in [9.17, 15) is 4.79 Å². The van der Waals surface area contributed by atoms with Crippen molar-refractivity contribution in [2.75, 3.05) is 26.2 Å². The molecule has 3 heterocycles. The summed E-state index contributed by atoms with van der Waals surface area (Å²) < 4.78 is 3.03. The van der Waals surface area contributed by atoms with Gasteiger partial charge >= 0.3 is 0 Å². The topological polar surface area (TPSA) is 88.5 Å². The van der Waals surface area contributed by atoms with Gasteiger partial charge in [-0.05, 0) is 37.7 Å². The molecule has 0 saturated heterocycles. The Balaban J connectivity index is 1.47. The number of thiazole rings is 1. The number of carbonyl (C=O) groups excluding carboxylic acids is 1. The van der Waals surface area contributed by atoms with E-state index >= 15 is 0 Å².